The number of hydrogen-bond donors (Lipinski definition) is 3. The number of carboxylic acids is 1. The van der Waals surface area contributed by atoms with Crippen LogP contribution in [0.5, 0.6) is 0 Å². The predicted octanol–water partition coefficient (Wildman–Crippen LogP) is 1.68. The maximum atomic E-state index is 15.8. The Morgan fingerprint density at radius 1 is 1.39 bits per heavy atom. The minimum Gasteiger partial charge on any atom is -0.477 e. The molecule has 1 aliphatic heterocycles. The molecule has 1 aliphatic carbocycles. The lowest BCUT2D eigenvalue weighted by Gasteiger charge is -2.25. The van der Waals surface area contributed by atoms with Gasteiger partial charge in [-0.25, -0.2) is 13.6 Å². The van der Waals surface area contributed by atoms with Crippen LogP contribution in [0.2, 0.25) is 0 Å². The summed E-state index contributed by atoms with van der Waals surface area (Å²) in [5.74, 6) is -3.57. The monoisotopic (exact) mass is 435 g/mol. The molecule has 9 nitrogen and oxygen atoms in total. The zero-order valence-electron chi connectivity index (χ0n) is 17.1. The predicted molar refractivity (Wildman–Crippen MR) is 112 cm³/mol. The van der Waals surface area contributed by atoms with Gasteiger partial charge in [0.25, 0.3) is 0 Å². The number of pyridine rings is 1. The Balaban J connectivity index is 2.00. The van der Waals surface area contributed by atoms with Crippen LogP contribution in [-0.4, -0.2) is 48.1 Å². The first-order chi connectivity index (χ1) is 14.6. The van der Waals surface area contributed by atoms with Crippen LogP contribution in [0.4, 0.5) is 20.2 Å². The molecule has 0 unspecified atom stereocenters. The van der Waals surface area contributed by atoms with E-state index >= 15 is 8.78 Å². The number of nitrogen functional groups attached to an aromatic ring is 1. The summed E-state index contributed by atoms with van der Waals surface area (Å²) in [4.78, 5) is 30.6. The number of benzene rings is 1. The number of nitrogens with zero attached hydrogens (tertiary/aromatic N) is 3. The van der Waals surface area contributed by atoms with Gasteiger partial charge in [0.05, 0.1) is 28.8 Å². The van der Waals surface area contributed by atoms with Crippen molar-refractivity contribution in [3.63, 3.8) is 0 Å². The van der Waals surface area contributed by atoms with E-state index in [9.17, 15) is 14.7 Å². The summed E-state index contributed by atoms with van der Waals surface area (Å²) in [6.07, 6.45) is 2.48. The topological polar surface area (TPSA) is 136 Å². The minimum atomic E-state index is -1.48. The number of rotatable bonds is 5. The van der Waals surface area contributed by atoms with Crippen LogP contribution in [0.25, 0.3) is 10.9 Å². The molecule has 2 heterocycles. The number of oxime groups is 1. The van der Waals surface area contributed by atoms with Gasteiger partial charge in [0.1, 0.15) is 18.4 Å². The molecule has 1 aromatic carbocycles. The fourth-order valence-electron chi connectivity index (χ4n) is 4.15. The van der Waals surface area contributed by atoms with E-state index in [1.807, 2.05) is 6.92 Å². The van der Waals surface area contributed by atoms with Gasteiger partial charge in [-0.3, -0.25) is 4.79 Å². The largest absolute Gasteiger partial charge is 0.477 e. The molecule has 0 bridgehead atoms. The van der Waals surface area contributed by atoms with Crippen LogP contribution in [0.1, 0.15) is 36.2 Å². The minimum absolute atomic E-state index is 0.0567. The quantitative estimate of drug-likeness (QED) is 0.480. The molecular weight excluding hydrogens is 412 g/mol. The van der Waals surface area contributed by atoms with E-state index in [0.29, 0.717) is 18.6 Å². The van der Waals surface area contributed by atoms with Crippen molar-refractivity contribution in [3.05, 3.63) is 33.6 Å². The molecule has 1 saturated heterocycles. The van der Waals surface area contributed by atoms with E-state index < -0.39 is 50.8 Å². The molecule has 1 saturated carbocycles. The van der Waals surface area contributed by atoms with E-state index in [-0.39, 0.29) is 31.2 Å². The second-order valence-electron chi connectivity index (χ2n) is 8.27. The first-order valence-electron chi connectivity index (χ1n) is 9.78. The summed E-state index contributed by atoms with van der Waals surface area (Å²) in [6, 6.07) is -0.188. The fourth-order valence-corrected chi connectivity index (χ4v) is 4.15. The molecule has 166 valence electrons. The molecule has 2 aromatic rings. The highest BCUT2D eigenvalue weighted by Crippen LogP contribution is 2.43. The van der Waals surface area contributed by atoms with E-state index in [1.165, 1.54) is 16.6 Å². The Hall–Kier alpha value is -3.21. The van der Waals surface area contributed by atoms with Gasteiger partial charge in [-0.15, -0.1) is 0 Å². The van der Waals surface area contributed by atoms with Gasteiger partial charge in [-0.1, -0.05) is 12.1 Å². The van der Waals surface area contributed by atoms with Gasteiger partial charge in [-0.05, 0) is 12.8 Å². The van der Waals surface area contributed by atoms with Gasteiger partial charge in [0.15, 0.2) is 11.6 Å². The van der Waals surface area contributed by atoms with Crippen molar-refractivity contribution in [2.24, 2.45) is 16.3 Å². The Morgan fingerprint density at radius 3 is 2.61 bits per heavy atom. The van der Waals surface area contributed by atoms with Crippen molar-refractivity contribution in [2.45, 2.75) is 25.8 Å². The van der Waals surface area contributed by atoms with Crippen molar-refractivity contribution < 1.29 is 23.5 Å². The summed E-state index contributed by atoms with van der Waals surface area (Å²) in [5, 5.41) is 12.9. The van der Waals surface area contributed by atoms with Gasteiger partial charge in [0.2, 0.25) is 5.43 Å². The third-order valence-electron chi connectivity index (χ3n) is 6.08. The number of fused-ring (bicyclic) bond motifs is 1. The van der Waals surface area contributed by atoms with E-state index in [0.717, 1.165) is 6.20 Å². The number of aromatic carboxylic acids is 1. The number of halogens is 2. The maximum absolute atomic E-state index is 15.8. The Bertz CT molecular complexity index is 1190. The van der Waals surface area contributed by atoms with E-state index in [4.69, 9.17) is 16.3 Å². The fraction of sp³-hybridized carbons (Fsp3) is 0.450. The highest BCUT2D eigenvalue weighted by atomic mass is 19.1. The van der Waals surface area contributed by atoms with Crippen molar-refractivity contribution >= 4 is 34.0 Å². The lowest BCUT2D eigenvalue weighted by atomic mass is 9.88. The zero-order chi connectivity index (χ0) is 22.7. The lowest BCUT2D eigenvalue weighted by molar-refractivity contribution is 0.0695. The number of hydrogen-bond acceptors (Lipinski definition) is 7. The second-order valence-corrected chi connectivity index (χ2v) is 8.27. The van der Waals surface area contributed by atoms with Crippen LogP contribution in [0, 0.1) is 17.0 Å². The molecule has 1 aromatic heterocycles. The van der Waals surface area contributed by atoms with E-state index in [2.05, 4.69) is 5.16 Å². The molecule has 4 rings (SSSR count). The molecule has 5 N–H and O–H groups in total. The normalized spacial score (nSPS) is 22.5. The van der Waals surface area contributed by atoms with Gasteiger partial charge < -0.3 is 30.9 Å². The highest BCUT2D eigenvalue weighted by molar-refractivity contribution is 6.02. The molecule has 11 heteroatoms. The molecule has 2 aliphatic rings. The number of nitrogens with two attached hydrogens (primary N) is 2. The molecule has 1 atom stereocenters. The van der Waals surface area contributed by atoms with Crippen LogP contribution in [0.3, 0.4) is 0 Å². The van der Waals surface area contributed by atoms with Crippen molar-refractivity contribution in [2.75, 3.05) is 37.4 Å². The third kappa shape index (κ3) is 3.11. The van der Waals surface area contributed by atoms with Crippen LogP contribution in [-0.2, 0) is 4.84 Å². The average Bonchev–Trinajstić information content (AvgIpc) is 3.51. The SMILES string of the molecule is CO/N=C1\CN(c2c(F)c(N)c3c(=O)c(C(=O)O)cn(C4CC4)c3c2F)C[C@]1(C)CN. The number of carbonyl (C=O) groups is 1. The molecule has 2 fully saturated rings. The van der Waals surface area contributed by atoms with Gasteiger partial charge in [0, 0.05) is 30.7 Å². The Morgan fingerprint density at radius 2 is 2.06 bits per heavy atom. The molecule has 31 heavy (non-hydrogen) atoms. The second kappa shape index (κ2) is 7.19. The smallest absolute Gasteiger partial charge is 0.341 e. The molecule has 0 amide bonds. The van der Waals surface area contributed by atoms with Gasteiger partial charge >= 0.3 is 5.97 Å². The Kier molecular flexibility index (Phi) is 4.88. The number of aromatic nitrogens is 1. The standard InChI is InChI=1S/C20H23F2N5O4/c1-20(7-23)8-26(6-11(20)25-31-2)17-13(21)15(24)12-16(14(17)22)27(9-3-4-9)5-10(18(12)28)19(29)30/h5,9H,3-4,6-8,23-24H2,1-2H3,(H,29,30)/b25-11+/t20-/m0/s1. The summed E-state index contributed by atoms with van der Waals surface area (Å²) < 4.78 is 32.6. The lowest BCUT2D eigenvalue weighted by Crippen LogP contribution is -2.36. The van der Waals surface area contributed by atoms with Crippen LogP contribution >= 0.6 is 0 Å². The Labute approximate surface area is 175 Å². The number of carboxylic acid groups (broad SMARTS) is 1. The van der Waals surface area contributed by atoms with Crippen molar-refractivity contribution in [1.29, 1.82) is 0 Å². The molecule has 0 spiro atoms. The summed E-state index contributed by atoms with van der Waals surface area (Å²) in [6.45, 7) is 2.20. The average molecular weight is 435 g/mol. The molecular formula is C20H23F2N5O4. The third-order valence-corrected chi connectivity index (χ3v) is 6.08. The van der Waals surface area contributed by atoms with Crippen molar-refractivity contribution in [1.82, 2.24) is 4.57 Å². The highest BCUT2D eigenvalue weighted by Gasteiger charge is 2.43. The zero-order valence-corrected chi connectivity index (χ0v) is 17.1. The van der Waals surface area contributed by atoms with Gasteiger partial charge in [-0.2, -0.15) is 0 Å². The summed E-state index contributed by atoms with van der Waals surface area (Å²) in [7, 11) is 1.37. The molecule has 0 radical (unpaired) electrons. The van der Waals surface area contributed by atoms with E-state index in [1.54, 1.807) is 0 Å². The van der Waals surface area contributed by atoms with Crippen LogP contribution in [0.15, 0.2) is 16.1 Å². The van der Waals surface area contributed by atoms with Crippen LogP contribution < -0.4 is 21.8 Å². The summed E-state index contributed by atoms with van der Waals surface area (Å²) in [5.41, 5.74) is 8.91. The number of anilines is 2. The van der Waals surface area contributed by atoms with Crippen molar-refractivity contribution in [3.8, 4) is 0 Å². The summed E-state index contributed by atoms with van der Waals surface area (Å²) >= 11 is 0. The maximum Gasteiger partial charge on any atom is 0.341 e. The first-order valence-corrected chi connectivity index (χ1v) is 9.78. The first kappa shape index (κ1) is 21.0.